The molecule has 6 aromatic rings. The molecule has 380 valence electrons. The summed E-state index contributed by atoms with van der Waals surface area (Å²) >= 11 is 0. The van der Waals surface area contributed by atoms with Crippen LogP contribution in [0.5, 0.6) is 0 Å². The summed E-state index contributed by atoms with van der Waals surface area (Å²) in [7, 11) is 0. The summed E-state index contributed by atoms with van der Waals surface area (Å²) in [6.45, 7) is 49.7. The highest BCUT2D eigenvalue weighted by Crippen LogP contribution is 2.13. The first-order valence-electron chi connectivity index (χ1n) is 25.0. The zero-order chi connectivity index (χ0) is 52.1. The number of rotatable bonds is 6. The highest BCUT2D eigenvalue weighted by Gasteiger charge is 1.98. The molecule has 0 bridgehead atoms. The minimum atomic E-state index is 0. The van der Waals surface area contributed by atoms with Gasteiger partial charge in [0.1, 0.15) is 12.7 Å². The molecule has 0 saturated carbocycles. The zero-order valence-corrected chi connectivity index (χ0v) is 46.7. The summed E-state index contributed by atoms with van der Waals surface area (Å²) in [5.41, 5.74) is 7.28. The largest absolute Gasteiger partial charge is 0.265 e. The summed E-state index contributed by atoms with van der Waals surface area (Å²) in [5.74, 6) is 3.35. The van der Waals surface area contributed by atoms with Crippen LogP contribution < -0.4 is 0 Å². The zero-order valence-electron chi connectivity index (χ0n) is 46.7. The molecule has 0 aliphatic carbocycles. The molecular weight excluding hydrogens is 821 g/mol. The van der Waals surface area contributed by atoms with Crippen molar-refractivity contribution in [1.82, 2.24) is 39.9 Å². The van der Waals surface area contributed by atoms with Crippen LogP contribution >= 0.6 is 0 Å². The van der Waals surface area contributed by atoms with Gasteiger partial charge in [0.25, 0.3) is 0 Å². The molecule has 0 unspecified atom stereocenters. The fourth-order valence-electron chi connectivity index (χ4n) is 4.15. The third-order valence-electron chi connectivity index (χ3n) is 7.73. The van der Waals surface area contributed by atoms with Crippen molar-refractivity contribution in [2.75, 3.05) is 0 Å². The van der Waals surface area contributed by atoms with E-state index in [1.807, 2.05) is 187 Å². The standard InChI is InChI=1S/4C8H11N.2C7H10N2.6C2H6.CH4/c1-7(2)8-3-5-9-6-4-8;1-7(2)8-4-3-5-9-6-8;2*1-7(2)8-5-3-4-6-9-8;1-6(2)7-3-8-5-9-4-7;1-6(2)7-3-4-8-5-9-7;6*1-2;/h4*3-7H,1-2H3;2*3-6H,1-2H3;6*1-2H3;1H4. The molecule has 0 aromatic carbocycles. The second-order valence-electron chi connectivity index (χ2n) is 14.3. The lowest BCUT2D eigenvalue weighted by atomic mass is 10.1. The SMILES string of the molecule is C.CC.CC.CC.CC.CC.CC.CC(C)c1ccccn1.CC(C)c1ccccn1.CC(C)c1cccnc1.CC(C)c1ccncc1.CC(C)c1ccncn1.CC(C)c1cncnc1. The van der Waals surface area contributed by atoms with Crippen molar-refractivity contribution in [2.45, 2.75) is 209 Å². The molecule has 0 amide bonds. The predicted octanol–water partition coefficient (Wildman–Crippen LogP) is 18.8. The van der Waals surface area contributed by atoms with Crippen LogP contribution in [0, 0.1) is 0 Å². The molecule has 0 N–H and O–H groups in total. The van der Waals surface area contributed by atoms with Gasteiger partial charge in [-0.3, -0.25) is 19.9 Å². The Balaban J connectivity index is -0.000000123. The molecule has 0 atom stereocenters. The van der Waals surface area contributed by atoms with Crippen LogP contribution in [0.25, 0.3) is 0 Å². The number of aromatic nitrogens is 8. The van der Waals surface area contributed by atoms with E-state index in [9.17, 15) is 0 Å². The molecule has 8 heteroatoms. The molecule has 6 rings (SSSR count). The second kappa shape index (κ2) is 58.8. The first-order chi connectivity index (χ1) is 31.8. The van der Waals surface area contributed by atoms with E-state index in [0.29, 0.717) is 35.5 Å². The fourth-order valence-corrected chi connectivity index (χ4v) is 4.15. The third-order valence-corrected chi connectivity index (χ3v) is 7.73. The molecule has 0 saturated heterocycles. The average molecular weight is 926 g/mol. The maximum absolute atomic E-state index is 4.18. The van der Waals surface area contributed by atoms with Crippen LogP contribution in [0.4, 0.5) is 0 Å². The van der Waals surface area contributed by atoms with Gasteiger partial charge in [-0.25, -0.2) is 19.9 Å². The van der Waals surface area contributed by atoms with E-state index in [2.05, 4.69) is 129 Å². The normalized spacial score (nSPS) is 8.69. The first kappa shape index (κ1) is 76.0. The van der Waals surface area contributed by atoms with Crippen molar-refractivity contribution in [3.8, 4) is 0 Å². The monoisotopic (exact) mass is 925 g/mol. The summed E-state index contributed by atoms with van der Waals surface area (Å²) in [5, 5.41) is 0. The molecule has 0 fully saturated rings. The van der Waals surface area contributed by atoms with E-state index in [4.69, 9.17) is 0 Å². The van der Waals surface area contributed by atoms with E-state index in [0.717, 1.165) is 17.1 Å². The van der Waals surface area contributed by atoms with Gasteiger partial charge in [-0.05, 0) is 101 Å². The van der Waals surface area contributed by atoms with Crippen molar-refractivity contribution >= 4 is 0 Å². The molecule has 0 aliphatic heterocycles. The van der Waals surface area contributed by atoms with Gasteiger partial charge in [-0.15, -0.1) is 0 Å². The van der Waals surface area contributed by atoms with Crippen LogP contribution in [0.15, 0.2) is 135 Å². The molecule has 8 nitrogen and oxygen atoms in total. The molecule has 0 spiro atoms. The summed E-state index contributed by atoms with van der Waals surface area (Å²) in [4.78, 5) is 32.0. The van der Waals surface area contributed by atoms with Gasteiger partial charge in [0.2, 0.25) is 0 Å². The topological polar surface area (TPSA) is 103 Å². The Bertz CT molecular complexity index is 1350. The predicted molar refractivity (Wildman–Crippen MR) is 300 cm³/mol. The Kier molecular flexibility index (Phi) is 66.7. The molecule has 6 aromatic heterocycles. The van der Waals surface area contributed by atoms with Gasteiger partial charge in [0.05, 0.1) is 0 Å². The summed E-state index contributed by atoms with van der Waals surface area (Å²) < 4.78 is 0. The highest BCUT2D eigenvalue weighted by atomic mass is 14.8. The van der Waals surface area contributed by atoms with Crippen molar-refractivity contribution < 1.29 is 0 Å². The van der Waals surface area contributed by atoms with Crippen molar-refractivity contribution in [2.24, 2.45) is 0 Å². The van der Waals surface area contributed by atoms with E-state index in [1.54, 1.807) is 25.0 Å². The van der Waals surface area contributed by atoms with Crippen LogP contribution in [-0.4, -0.2) is 39.9 Å². The molecule has 0 radical (unpaired) electrons. The van der Waals surface area contributed by atoms with E-state index in [1.165, 1.54) is 16.7 Å². The highest BCUT2D eigenvalue weighted by molar-refractivity contribution is 5.14. The molecule has 6 heterocycles. The Morgan fingerprint density at radius 2 is 0.642 bits per heavy atom. The van der Waals surface area contributed by atoms with Crippen molar-refractivity contribution in [3.05, 3.63) is 169 Å². The first-order valence-corrected chi connectivity index (χ1v) is 25.0. The summed E-state index contributed by atoms with van der Waals surface area (Å²) in [6.07, 6.45) is 19.6. The Hall–Kier alpha value is -5.24. The Morgan fingerprint density at radius 3 is 0.866 bits per heavy atom. The smallest absolute Gasteiger partial charge is 0.115 e. The van der Waals surface area contributed by atoms with Crippen molar-refractivity contribution in [3.63, 3.8) is 0 Å². The van der Waals surface area contributed by atoms with Gasteiger partial charge in [-0.1, -0.05) is 192 Å². The maximum Gasteiger partial charge on any atom is 0.115 e. The van der Waals surface area contributed by atoms with Gasteiger partial charge < -0.3 is 0 Å². The number of hydrogen-bond donors (Lipinski definition) is 0. The van der Waals surface area contributed by atoms with Gasteiger partial charge >= 0.3 is 0 Å². The third kappa shape index (κ3) is 47.1. The minimum absolute atomic E-state index is 0. The van der Waals surface area contributed by atoms with Gasteiger partial charge in [-0.2, -0.15) is 0 Å². The lowest BCUT2D eigenvalue weighted by molar-refractivity contribution is 0.814. The van der Waals surface area contributed by atoms with Crippen LogP contribution in [0.2, 0.25) is 0 Å². The Morgan fingerprint density at radius 1 is 0.269 bits per heavy atom. The van der Waals surface area contributed by atoms with Crippen LogP contribution in [-0.2, 0) is 0 Å². The fraction of sp³-hybridized carbons (Fsp3) is 0.525. The van der Waals surface area contributed by atoms with Gasteiger partial charge in [0.15, 0.2) is 0 Å². The number of hydrogen-bond acceptors (Lipinski definition) is 8. The van der Waals surface area contributed by atoms with Crippen LogP contribution in [0.1, 0.15) is 243 Å². The number of nitrogens with zero attached hydrogens (tertiary/aromatic N) is 8. The lowest BCUT2D eigenvalue weighted by Crippen LogP contribution is -1.90. The van der Waals surface area contributed by atoms with Gasteiger partial charge in [0, 0.05) is 72.9 Å². The summed E-state index contributed by atoms with van der Waals surface area (Å²) in [6, 6.07) is 22.1. The van der Waals surface area contributed by atoms with E-state index < -0.39 is 0 Å². The molecule has 0 aliphatic rings. The minimum Gasteiger partial charge on any atom is -0.265 e. The lowest BCUT2D eigenvalue weighted by Gasteiger charge is -2.01. The number of pyridine rings is 4. The van der Waals surface area contributed by atoms with Crippen molar-refractivity contribution in [1.29, 1.82) is 0 Å². The van der Waals surface area contributed by atoms with Crippen LogP contribution in [0.3, 0.4) is 0 Å². The maximum atomic E-state index is 4.18. The quantitative estimate of drug-likeness (QED) is 0.163. The average Bonchev–Trinajstić information content (AvgIpc) is 3.40. The van der Waals surface area contributed by atoms with E-state index in [-0.39, 0.29) is 7.43 Å². The Labute approximate surface area is 416 Å². The second-order valence-corrected chi connectivity index (χ2v) is 14.3. The molecular formula is C59H104N8. The molecule has 67 heavy (non-hydrogen) atoms. The van der Waals surface area contributed by atoms with E-state index >= 15 is 0 Å².